The Hall–Kier alpha value is -1.85. The summed E-state index contributed by atoms with van der Waals surface area (Å²) in [5.74, 6) is 2.05. The van der Waals surface area contributed by atoms with Gasteiger partial charge in [-0.05, 0) is 37.6 Å². The van der Waals surface area contributed by atoms with Crippen LogP contribution in [0.4, 0.5) is 0 Å². The standard InChI is InChI=1S/C15H17N3O2.ClH/c1-2-12(17-7-1)11-19-15-4-3-14(10-18-15)20-13-5-8-16-9-6-13;/h3-6,8-10,12,17H,1-2,7,11H2;1H/t12-;/m1./s1. The molecule has 0 aliphatic carbocycles. The predicted molar refractivity (Wildman–Crippen MR) is 82.3 cm³/mol. The molecule has 0 aromatic carbocycles. The first-order chi connectivity index (χ1) is 9.90. The molecule has 5 nitrogen and oxygen atoms in total. The van der Waals surface area contributed by atoms with Crippen molar-refractivity contribution in [1.82, 2.24) is 15.3 Å². The van der Waals surface area contributed by atoms with E-state index in [0.717, 1.165) is 12.3 Å². The van der Waals surface area contributed by atoms with E-state index in [1.807, 2.05) is 12.1 Å². The molecule has 112 valence electrons. The molecule has 1 saturated heterocycles. The monoisotopic (exact) mass is 307 g/mol. The minimum Gasteiger partial charge on any atom is -0.476 e. The van der Waals surface area contributed by atoms with Crippen molar-refractivity contribution in [1.29, 1.82) is 0 Å². The molecule has 0 unspecified atom stereocenters. The maximum absolute atomic E-state index is 5.66. The molecular weight excluding hydrogens is 290 g/mol. The molecule has 6 heteroatoms. The number of aromatic nitrogens is 2. The van der Waals surface area contributed by atoms with Crippen LogP contribution in [0.5, 0.6) is 17.4 Å². The summed E-state index contributed by atoms with van der Waals surface area (Å²) in [6, 6.07) is 7.73. The summed E-state index contributed by atoms with van der Waals surface area (Å²) in [5.41, 5.74) is 0. The van der Waals surface area contributed by atoms with E-state index in [4.69, 9.17) is 9.47 Å². The Bertz CT molecular complexity index is 530. The van der Waals surface area contributed by atoms with E-state index in [-0.39, 0.29) is 12.4 Å². The second kappa shape index (κ2) is 7.81. The highest BCUT2D eigenvalue weighted by atomic mass is 35.5. The van der Waals surface area contributed by atoms with Gasteiger partial charge < -0.3 is 14.8 Å². The van der Waals surface area contributed by atoms with Crippen LogP contribution < -0.4 is 14.8 Å². The van der Waals surface area contributed by atoms with Crippen molar-refractivity contribution >= 4 is 12.4 Å². The minimum atomic E-state index is 0. The Morgan fingerprint density at radius 1 is 1.14 bits per heavy atom. The number of ether oxygens (including phenoxy) is 2. The molecule has 1 N–H and O–H groups in total. The Morgan fingerprint density at radius 3 is 2.67 bits per heavy atom. The van der Waals surface area contributed by atoms with Crippen LogP contribution in [0, 0.1) is 0 Å². The Morgan fingerprint density at radius 2 is 2.00 bits per heavy atom. The molecule has 0 bridgehead atoms. The topological polar surface area (TPSA) is 56.3 Å². The highest BCUT2D eigenvalue weighted by Gasteiger charge is 2.14. The van der Waals surface area contributed by atoms with Gasteiger partial charge in [0.1, 0.15) is 18.1 Å². The van der Waals surface area contributed by atoms with Gasteiger partial charge in [0.2, 0.25) is 5.88 Å². The smallest absolute Gasteiger partial charge is 0.213 e. The Labute approximate surface area is 130 Å². The lowest BCUT2D eigenvalue weighted by atomic mass is 10.2. The van der Waals surface area contributed by atoms with Crippen LogP contribution >= 0.6 is 12.4 Å². The molecule has 0 saturated carbocycles. The number of pyridine rings is 2. The van der Waals surface area contributed by atoms with E-state index in [9.17, 15) is 0 Å². The van der Waals surface area contributed by atoms with Crippen LogP contribution in [0.3, 0.4) is 0 Å². The van der Waals surface area contributed by atoms with E-state index in [1.54, 1.807) is 30.7 Å². The van der Waals surface area contributed by atoms with Crippen molar-refractivity contribution in [3.63, 3.8) is 0 Å². The number of halogens is 1. The highest BCUT2D eigenvalue weighted by Crippen LogP contribution is 2.21. The van der Waals surface area contributed by atoms with Gasteiger partial charge in [-0.1, -0.05) is 0 Å². The number of nitrogens with zero attached hydrogens (tertiary/aromatic N) is 2. The quantitative estimate of drug-likeness (QED) is 0.920. The van der Waals surface area contributed by atoms with E-state index < -0.39 is 0 Å². The lowest BCUT2D eigenvalue weighted by Gasteiger charge is -2.11. The minimum absolute atomic E-state index is 0. The van der Waals surface area contributed by atoms with Gasteiger partial charge in [0.25, 0.3) is 0 Å². The third-order valence-electron chi connectivity index (χ3n) is 3.19. The molecule has 1 aliphatic rings. The summed E-state index contributed by atoms with van der Waals surface area (Å²) in [6.07, 6.45) is 7.44. The fourth-order valence-electron chi connectivity index (χ4n) is 2.14. The van der Waals surface area contributed by atoms with E-state index >= 15 is 0 Å². The maximum atomic E-state index is 5.66. The third-order valence-corrected chi connectivity index (χ3v) is 3.19. The third kappa shape index (κ3) is 4.58. The van der Waals surface area contributed by atoms with Gasteiger partial charge in [0.15, 0.2) is 0 Å². The fourth-order valence-corrected chi connectivity index (χ4v) is 2.14. The summed E-state index contributed by atoms with van der Waals surface area (Å²) < 4.78 is 11.3. The average Bonchev–Trinajstić information content (AvgIpc) is 3.01. The number of hydrogen-bond acceptors (Lipinski definition) is 5. The molecule has 3 heterocycles. The number of rotatable bonds is 5. The van der Waals surface area contributed by atoms with Crippen molar-refractivity contribution in [2.45, 2.75) is 18.9 Å². The van der Waals surface area contributed by atoms with Crippen LogP contribution in [-0.4, -0.2) is 29.2 Å². The summed E-state index contributed by atoms with van der Waals surface area (Å²) in [6.45, 7) is 1.75. The molecule has 1 atom stereocenters. The maximum Gasteiger partial charge on any atom is 0.213 e. The van der Waals surface area contributed by atoms with Gasteiger partial charge in [0.05, 0.1) is 6.20 Å². The lowest BCUT2D eigenvalue weighted by molar-refractivity contribution is 0.267. The first-order valence-electron chi connectivity index (χ1n) is 6.80. The van der Waals surface area contributed by atoms with Crippen molar-refractivity contribution in [2.75, 3.05) is 13.2 Å². The SMILES string of the molecule is Cl.c1cc(Oc2ccc(OC[C@H]3CCCN3)nc2)ccn1. The first-order valence-corrected chi connectivity index (χ1v) is 6.80. The zero-order valence-electron chi connectivity index (χ0n) is 11.6. The van der Waals surface area contributed by atoms with Gasteiger partial charge in [-0.15, -0.1) is 12.4 Å². The first kappa shape index (κ1) is 15.5. The normalized spacial score (nSPS) is 17.0. The number of hydrogen-bond donors (Lipinski definition) is 1. The summed E-state index contributed by atoms with van der Waals surface area (Å²) >= 11 is 0. The van der Waals surface area contributed by atoms with E-state index in [2.05, 4.69) is 15.3 Å². The molecule has 21 heavy (non-hydrogen) atoms. The van der Waals surface area contributed by atoms with Gasteiger partial charge >= 0.3 is 0 Å². The lowest BCUT2D eigenvalue weighted by Crippen LogP contribution is -2.28. The molecule has 1 aliphatic heterocycles. The van der Waals surface area contributed by atoms with Gasteiger partial charge in [0, 0.05) is 24.5 Å². The molecule has 3 rings (SSSR count). The zero-order valence-corrected chi connectivity index (χ0v) is 12.4. The largest absolute Gasteiger partial charge is 0.476 e. The predicted octanol–water partition coefficient (Wildman–Crippen LogP) is 2.82. The van der Waals surface area contributed by atoms with Crippen molar-refractivity contribution in [2.24, 2.45) is 0 Å². The van der Waals surface area contributed by atoms with Crippen LogP contribution in [0.15, 0.2) is 42.9 Å². The molecule has 2 aromatic heterocycles. The second-order valence-corrected chi connectivity index (χ2v) is 4.72. The molecule has 2 aromatic rings. The fraction of sp³-hybridized carbons (Fsp3) is 0.333. The van der Waals surface area contributed by atoms with E-state index in [0.29, 0.717) is 24.3 Å². The van der Waals surface area contributed by atoms with Gasteiger partial charge in [-0.2, -0.15) is 0 Å². The van der Waals surface area contributed by atoms with Gasteiger partial charge in [-0.25, -0.2) is 4.98 Å². The molecule has 0 amide bonds. The summed E-state index contributed by atoms with van der Waals surface area (Å²) in [7, 11) is 0. The van der Waals surface area contributed by atoms with Crippen molar-refractivity contribution in [3.05, 3.63) is 42.9 Å². The molecular formula is C15H18ClN3O2. The van der Waals surface area contributed by atoms with Crippen LogP contribution in [0.1, 0.15) is 12.8 Å². The highest BCUT2D eigenvalue weighted by molar-refractivity contribution is 5.85. The Balaban J connectivity index is 0.00000161. The second-order valence-electron chi connectivity index (χ2n) is 4.72. The van der Waals surface area contributed by atoms with Crippen LogP contribution in [-0.2, 0) is 0 Å². The average molecular weight is 308 g/mol. The zero-order chi connectivity index (χ0) is 13.6. The van der Waals surface area contributed by atoms with Crippen molar-refractivity contribution < 1.29 is 9.47 Å². The van der Waals surface area contributed by atoms with Crippen LogP contribution in [0.25, 0.3) is 0 Å². The Kier molecular flexibility index (Phi) is 5.78. The van der Waals surface area contributed by atoms with Gasteiger partial charge in [-0.3, -0.25) is 4.98 Å². The summed E-state index contributed by atoms with van der Waals surface area (Å²) in [5, 5.41) is 3.39. The number of nitrogens with one attached hydrogen (secondary N) is 1. The van der Waals surface area contributed by atoms with Crippen molar-refractivity contribution in [3.8, 4) is 17.4 Å². The summed E-state index contributed by atoms with van der Waals surface area (Å²) in [4.78, 5) is 8.19. The molecule has 1 fully saturated rings. The van der Waals surface area contributed by atoms with Crippen LogP contribution in [0.2, 0.25) is 0 Å². The molecule has 0 radical (unpaired) electrons. The van der Waals surface area contributed by atoms with E-state index in [1.165, 1.54) is 12.8 Å². The molecule has 0 spiro atoms.